The van der Waals surface area contributed by atoms with Crippen molar-refractivity contribution in [3.63, 3.8) is 0 Å². The molecule has 11 N–H and O–H groups in total. The van der Waals surface area contributed by atoms with Crippen LogP contribution in [0, 0.1) is 0 Å². The zero-order valence-corrected chi connectivity index (χ0v) is 17.3. The van der Waals surface area contributed by atoms with Crippen molar-refractivity contribution in [2.75, 3.05) is 19.8 Å². The van der Waals surface area contributed by atoms with E-state index in [9.17, 15) is 25.5 Å². The van der Waals surface area contributed by atoms with Crippen molar-refractivity contribution in [1.82, 2.24) is 0 Å². The molecule has 7 unspecified atom stereocenters. The topological polar surface area (TPSA) is 229 Å². The second-order valence-corrected chi connectivity index (χ2v) is 8.39. The fourth-order valence-corrected chi connectivity index (χ4v) is 3.80. The molecule has 13 atom stereocenters. The molecule has 3 heterocycles. The van der Waals surface area contributed by atoms with Gasteiger partial charge in [0.15, 0.2) is 12.6 Å². The van der Waals surface area contributed by atoms with E-state index >= 15 is 0 Å². The smallest absolute Gasteiger partial charge is 0.186 e. The van der Waals surface area contributed by atoms with Gasteiger partial charge in [-0.25, -0.2) is 0 Å². The highest BCUT2D eigenvalue weighted by Crippen LogP contribution is 2.37. The molecule has 3 saturated heterocycles. The maximum atomic E-state index is 10.1. The van der Waals surface area contributed by atoms with E-state index in [-0.39, 0.29) is 31.8 Å². The summed E-state index contributed by atoms with van der Waals surface area (Å²) in [6.07, 6.45) is -8.50. The number of epoxide rings is 1. The molecule has 0 aliphatic carbocycles. The third kappa shape index (κ3) is 5.70. The number of aliphatic hydroxyl groups excluding tert-OH is 5. The Morgan fingerprint density at radius 2 is 1.55 bits per heavy atom. The van der Waals surface area contributed by atoms with Crippen LogP contribution in [-0.4, -0.2) is 125 Å². The first kappa shape index (κ1) is 25.1. The number of hydrogen-bond acceptors (Lipinski definition) is 13. The predicted molar refractivity (Wildman–Crippen MR) is 103 cm³/mol. The van der Waals surface area contributed by atoms with E-state index in [0.717, 1.165) is 0 Å². The lowest BCUT2D eigenvalue weighted by Crippen LogP contribution is -2.56. The summed E-state index contributed by atoms with van der Waals surface area (Å²) in [6, 6.07) is -1.97. The predicted octanol–water partition coefficient (Wildman–Crippen LogP) is -4.94. The van der Waals surface area contributed by atoms with Crippen LogP contribution in [0.25, 0.3) is 0 Å². The number of aliphatic hydroxyl groups is 5. The molecule has 0 bridgehead atoms. The average molecular weight is 453 g/mol. The number of nitrogens with two attached hydrogens (primary N) is 3. The van der Waals surface area contributed by atoms with Crippen molar-refractivity contribution in [3.05, 3.63) is 0 Å². The quantitative estimate of drug-likeness (QED) is 0.137. The van der Waals surface area contributed by atoms with Gasteiger partial charge in [-0.3, -0.25) is 0 Å². The highest BCUT2D eigenvalue weighted by Gasteiger charge is 2.57. The summed E-state index contributed by atoms with van der Waals surface area (Å²) < 4.78 is 28.0. The van der Waals surface area contributed by atoms with Crippen molar-refractivity contribution in [1.29, 1.82) is 0 Å². The van der Waals surface area contributed by atoms with Gasteiger partial charge in [0.2, 0.25) is 0 Å². The Hall–Kier alpha value is -0.520. The Bertz CT molecular complexity index is 575. The second-order valence-electron chi connectivity index (χ2n) is 8.39. The molecule has 182 valence electrons. The van der Waals surface area contributed by atoms with Gasteiger partial charge in [0.25, 0.3) is 0 Å². The monoisotopic (exact) mass is 453 g/mol. The van der Waals surface area contributed by atoms with Crippen LogP contribution in [-0.2, 0) is 23.7 Å². The van der Waals surface area contributed by atoms with Gasteiger partial charge in [0.05, 0.1) is 38.1 Å². The van der Waals surface area contributed by atoms with Gasteiger partial charge < -0.3 is 66.4 Å². The Balaban J connectivity index is 1.64. The molecule has 0 aromatic carbocycles. The first-order chi connectivity index (χ1) is 14.7. The molecule has 3 fully saturated rings. The molecule has 0 aromatic heterocycles. The maximum Gasteiger partial charge on any atom is 0.186 e. The zero-order chi connectivity index (χ0) is 22.9. The molecule has 3 rings (SSSR count). The number of rotatable bonds is 11. The molecule has 0 amide bonds. The Kier molecular flexibility index (Phi) is 8.59. The molecular weight excluding hydrogens is 418 g/mol. The molecule has 0 aromatic rings. The summed E-state index contributed by atoms with van der Waals surface area (Å²) in [7, 11) is 0. The fourth-order valence-electron chi connectivity index (χ4n) is 3.80. The SMILES string of the molecule is CC(O)[C@H](N)CC(N)[C@H](CO[C@@H]1O[C@H](CO)C(O)C1O)O[C@H]1OC(CO)[C@H]2OC2C1N. The third-order valence-corrected chi connectivity index (χ3v) is 5.98. The van der Waals surface area contributed by atoms with Crippen molar-refractivity contribution >= 4 is 0 Å². The highest BCUT2D eigenvalue weighted by molar-refractivity contribution is 5.03. The lowest BCUT2D eigenvalue weighted by atomic mass is 9.99. The van der Waals surface area contributed by atoms with Crippen molar-refractivity contribution < 1.29 is 49.2 Å². The molecule has 3 aliphatic heterocycles. The molecular formula is C18H35N3O10. The van der Waals surface area contributed by atoms with Gasteiger partial charge in [-0.05, 0) is 13.3 Å². The van der Waals surface area contributed by atoms with Crippen molar-refractivity contribution in [3.8, 4) is 0 Å². The first-order valence-electron chi connectivity index (χ1n) is 10.4. The van der Waals surface area contributed by atoms with Gasteiger partial charge >= 0.3 is 0 Å². The standard InChI is InChI=1S/C18H35N3O10/c1-6(24)7(19)2-8(20)11(5-27-18-14(26)13(25)9(3-22)28-18)30-17-12(21)16-15(31-16)10(4-23)29-17/h6-18,22-26H,2-5,19-21H2,1H3/t6?,7-,8?,9-,10?,11+,12?,13?,14?,15-,16?,17-,18-/m1/s1. The molecule has 0 radical (unpaired) electrons. The molecule has 31 heavy (non-hydrogen) atoms. The minimum Gasteiger partial charge on any atom is -0.394 e. The van der Waals surface area contributed by atoms with Gasteiger partial charge in [-0.15, -0.1) is 0 Å². The van der Waals surface area contributed by atoms with E-state index in [1.807, 2.05) is 0 Å². The molecule has 13 heteroatoms. The summed E-state index contributed by atoms with van der Waals surface area (Å²) in [4.78, 5) is 0. The van der Waals surface area contributed by atoms with Gasteiger partial charge in [-0.1, -0.05) is 0 Å². The van der Waals surface area contributed by atoms with Crippen LogP contribution in [0.3, 0.4) is 0 Å². The lowest BCUT2D eigenvalue weighted by molar-refractivity contribution is -0.246. The lowest BCUT2D eigenvalue weighted by Gasteiger charge is -2.36. The van der Waals surface area contributed by atoms with Crippen LogP contribution in [0.1, 0.15) is 13.3 Å². The van der Waals surface area contributed by atoms with E-state index < -0.39 is 73.9 Å². The molecule has 0 saturated carbocycles. The van der Waals surface area contributed by atoms with E-state index in [1.165, 1.54) is 0 Å². The highest BCUT2D eigenvalue weighted by atomic mass is 16.7. The molecule has 0 spiro atoms. The number of fused-ring (bicyclic) bond motifs is 1. The molecule has 13 nitrogen and oxygen atoms in total. The zero-order valence-electron chi connectivity index (χ0n) is 17.3. The number of hydrogen-bond donors (Lipinski definition) is 8. The van der Waals surface area contributed by atoms with Gasteiger partial charge in [0.1, 0.15) is 36.6 Å². The van der Waals surface area contributed by atoms with Crippen LogP contribution in [0.2, 0.25) is 0 Å². The normalized spacial score (nSPS) is 43.8. The van der Waals surface area contributed by atoms with Crippen LogP contribution in [0.15, 0.2) is 0 Å². The summed E-state index contributed by atoms with van der Waals surface area (Å²) in [6.45, 7) is 0.595. The second kappa shape index (κ2) is 10.6. The largest absolute Gasteiger partial charge is 0.394 e. The van der Waals surface area contributed by atoms with E-state index in [2.05, 4.69) is 0 Å². The van der Waals surface area contributed by atoms with Gasteiger partial charge in [-0.2, -0.15) is 0 Å². The Morgan fingerprint density at radius 1 is 0.903 bits per heavy atom. The van der Waals surface area contributed by atoms with Crippen molar-refractivity contribution in [2.45, 2.75) is 92.9 Å². The van der Waals surface area contributed by atoms with Crippen LogP contribution in [0.4, 0.5) is 0 Å². The Morgan fingerprint density at radius 3 is 2.13 bits per heavy atom. The van der Waals surface area contributed by atoms with E-state index in [4.69, 9.17) is 40.9 Å². The summed E-state index contributed by atoms with van der Waals surface area (Å²) in [5.74, 6) is 0. The van der Waals surface area contributed by atoms with Crippen LogP contribution in [0.5, 0.6) is 0 Å². The first-order valence-corrected chi connectivity index (χ1v) is 10.4. The maximum absolute atomic E-state index is 10.1. The average Bonchev–Trinajstić information content (AvgIpc) is 3.49. The molecule has 3 aliphatic rings. The van der Waals surface area contributed by atoms with Crippen LogP contribution >= 0.6 is 0 Å². The summed E-state index contributed by atoms with van der Waals surface area (Å²) in [5.41, 5.74) is 18.3. The summed E-state index contributed by atoms with van der Waals surface area (Å²) >= 11 is 0. The fraction of sp³-hybridized carbons (Fsp3) is 1.00. The third-order valence-electron chi connectivity index (χ3n) is 5.98. The van der Waals surface area contributed by atoms with E-state index in [0.29, 0.717) is 0 Å². The summed E-state index contributed by atoms with van der Waals surface area (Å²) in [5, 5.41) is 48.3. The van der Waals surface area contributed by atoms with Crippen LogP contribution < -0.4 is 17.2 Å². The van der Waals surface area contributed by atoms with Crippen molar-refractivity contribution in [2.24, 2.45) is 17.2 Å². The minimum atomic E-state index is -1.37. The van der Waals surface area contributed by atoms with E-state index in [1.54, 1.807) is 6.92 Å². The Labute approximate surface area is 179 Å². The van der Waals surface area contributed by atoms with Gasteiger partial charge in [0, 0.05) is 12.1 Å². The number of ether oxygens (including phenoxy) is 5. The minimum absolute atomic E-state index is 0.176.